The number of ether oxygens (including phenoxy) is 1. The van der Waals surface area contributed by atoms with Gasteiger partial charge in [-0.3, -0.25) is 4.98 Å². The van der Waals surface area contributed by atoms with Gasteiger partial charge in [0.2, 0.25) is 5.88 Å². The first kappa shape index (κ1) is 26.5. The lowest BCUT2D eigenvalue weighted by molar-refractivity contribution is -0.00823. The van der Waals surface area contributed by atoms with Crippen LogP contribution in [0.1, 0.15) is 46.1 Å². The summed E-state index contributed by atoms with van der Waals surface area (Å²) < 4.78 is 32.9. The Labute approximate surface area is 225 Å². The van der Waals surface area contributed by atoms with Crippen molar-refractivity contribution in [3.8, 4) is 5.88 Å². The Hall–Kier alpha value is -3.13. The summed E-state index contributed by atoms with van der Waals surface area (Å²) >= 11 is 6.98. The fraction of sp³-hybridized carbons (Fsp3) is 0.333. The second-order valence-electron chi connectivity index (χ2n) is 10.1. The number of nitrogens with zero attached hydrogens (tertiary/aromatic N) is 2. The van der Waals surface area contributed by atoms with Crippen molar-refractivity contribution in [3.05, 3.63) is 98.8 Å². The first-order valence-corrected chi connectivity index (χ1v) is 12.9. The van der Waals surface area contributed by atoms with Gasteiger partial charge in [-0.05, 0) is 43.2 Å². The second-order valence-corrected chi connectivity index (χ2v) is 10.5. The summed E-state index contributed by atoms with van der Waals surface area (Å²) in [6.45, 7) is 6.07. The molecule has 38 heavy (non-hydrogen) atoms. The van der Waals surface area contributed by atoms with E-state index in [1.165, 1.54) is 19.2 Å². The van der Waals surface area contributed by atoms with Gasteiger partial charge in [-0.2, -0.15) is 0 Å². The number of rotatable bonds is 7. The van der Waals surface area contributed by atoms with Crippen LogP contribution in [-0.4, -0.2) is 35.3 Å². The average Bonchev–Trinajstić information content (AvgIpc) is 2.84. The maximum atomic E-state index is 13.7. The number of benzene rings is 2. The Morgan fingerprint density at radius 2 is 1.71 bits per heavy atom. The van der Waals surface area contributed by atoms with Crippen molar-refractivity contribution < 1.29 is 18.6 Å². The first-order valence-electron chi connectivity index (χ1n) is 12.5. The predicted octanol–water partition coefficient (Wildman–Crippen LogP) is 6.07. The SMILES string of the molecule is COc1nc2ccc(C(O)(c3ccc(C)nc3C)C3CNC3)cc2c(Cl)c1Cc1ccc(C(C)(F)F)cc1. The molecule has 3 heterocycles. The zero-order valence-corrected chi connectivity index (χ0v) is 22.5. The fourth-order valence-electron chi connectivity index (χ4n) is 5.21. The molecular formula is C30H30ClF2N3O2. The van der Waals surface area contributed by atoms with Gasteiger partial charge in [0.05, 0.1) is 17.6 Å². The number of aromatic nitrogens is 2. The molecule has 2 aromatic carbocycles. The van der Waals surface area contributed by atoms with Crippen LogP contribution in [0.3, 0.4) is 0 Å². The van der Waals surface area contributed by atoms with Crippen molar-refractivity contribution in [2.75, 3.05) is 20.2 Å². The molecule has 1 unspecified atom stereocenters. The third-order valence-electron chi connectivity index (χ3n) is 7.46. The van der Waals surface area contributed by atoms with Crippen molar-refractivity contribution in [1.82, 2.24) is 15.3 Å². The number of halogens is 3. The minimum Gasteiger partial charge on any atom is -0.481 e. The summed E-state index contributed by atoms with van der Waals surface area (Å²) in [5.74, 6) is -2.58. The van der Waals surface area contributed by atoms with Crippen LogP contribution in [0.5, 0.6) is 5.88 Å². The summed E-state index contributed by atoms with van der Waals surface area (Å²) in [5, 5.41) is 16.7. The largest absolute Gasteiger partial charge is 0.481 e. The minimum atomic E-state index is -2.91. The van der Waals surface area contributed by atoms with E-state index in [2.05, 4.69) is 15.3 Å². The summed E-state index contributed by atoms with van der Waals surface area (Å²) in [5.41, 5.74) is 3.90. The number of pyridine rings is 2. The molecule has 1 atom stereocenters. The van der Waals surface area contributed by atoms with E-state index >= 15 is 0 Å². The monoisotopic (exact) mass is 537 g/mol. The number of nitrogens with one attached hydrogen (secondary N) is 1. The molecule has 2 aromatic heterocycles. The van der Waals surface area contributed by atoms with Gasteiger partial charge in [-0.1, -0.05) is 48.0 Å². The number of hydrogen-bond acceptors (Lipinski definition) is 5. The van der Waals surface area contributed by atoms with E-state index in [4.69, 9.17) is 16.3 Å². The smallest absolute Gasteiger partial charge is 0.270 e. The number of hydrogen-bond donors (Lipinski definition) is 2. The second kappa shape index (κ2) is 9.88. The molecule has 1 aliphatic heterocycles. The predicted molar refractivity (Wildman–Crippen MR) is 145 cm³/mol. The molecule has 0 bridgehead atoms. The van der Waals surface area contributed by atoms with E-state index < -0.39 is 11.5 Å². The van der Waals surface area contributed by atoms with Gasteiger partial charge in [0.15, 0.2) is 0 Å². The molecule has 2 N–H and O–H groups in total. The van der Waals surface area contributed by atoms with Gasteiger partial charge < -0.3 is 15.2 Å². The Morgan fingerprint density at radius 3 is 2.29 bits per heavy atom. The molecule has 4 aromatic rings. The summed E-state index contributed by atoms with van der Waals surface area (Å²) in [6, 6.07) is 15.7. The summed E-state index contributed by atoms with van der Waals surface area (Å²) in [4.78, 5) is 9.29. The Kier molecular flexibility index (Phi) is 6.88. The molecule has 8 heteroatoms. The zero-order chi connectivity index (χ0) is 27.2. The highest BCUT2D eigenvalue weighted by Gasteiger charge is 2.44. The van der Waals surface area contributed by atoms with E-state index in [0.29, 0.717) is 52.4 Å². The topological polar surface area (TPSA) is 67.3 Å². The third kappa shape index (κ3) is 4.64. The lowest BCUT2D eigenvalue weighted by atomic mass is 9.72. The molecule has 0 amide bonds. The van der Waals surface area contributed by atoms with Crippen molar-refractivity contribution in [2.45, 2.75) is 38.7 Å². The normalized spacial score (nSPS) is 15.8. The number of aliphatic hydroxyl groups is 1. The maximum absolute atomic E-state index is 13.7. The lowest BCUT2D eigenvalue weighted by Gasteiger charge is -2.43. The van der Waals surface area contributed by atoms with Crippen LogP contribution in [0.25, 0.3) is 10.9 Å². The van der Waals surface area contributed by atoms with E-state index in [0.717, 1.165) is 29.4 Å². The highest BCUT2D eigenvalue weighted by Crippen LogP contribution is 2.43. The molecule has 0 radical (unpaired) electrons. The van der Waals surface area contributed by atoms with Crippen LogP contribution < -0.4 is 10.1 Å². The van der Waals surface area contributed by atoms with Gasteiger partial charge in [0, 0.05) is 65.8 Å². The third-order valence-corrected chi connectivity index (χ3v) is 7.89. The standard InChI is InChI=1S/C30H30ClF2N3O2/c1-17-5-11-25(18(2)35-17)30(37,22-15-34-16-22)21-10-12-26-23(14-21)27(31)24(28(36-26)38-4)13-19-6-8-20(9-7-19)29(3,32)33/h5-12,14,22,34,37H,13,15-16H2,1-4H3. The Morgan fingerprint density at radius 1 is 1.03 bits per heavy atom. The van der Waals surface area contributed by atoms with Crippen LogP contribution in [0.2, 0.25) is 5.02 Å². The Bertz CT molecular complexity index is 1500. The number of alkyl halides is 2. The number of aryl methyl sites for hydroxylation is 2. The summed E-state index contributed by atoms with van der Waals surface area (Å²) in [7, 11) is 1.53. The molecule has 5 nitrogen and oxygen atoms in total. The molecule has 1 saturated heterocycles. The number of fused-ring (bicyclic) bond motifs is 1. The van der Waals surface area contributed by atoms with Gasteiger partial charge in [0.25, 0.3) is 5.92 Å². The number of methoxy groups -OCH3 is 1. The van der Waals surface area contributed by atoms with Gasteiger partial charge >= 0.3 is 0 Å². The highest BCUT2D eigenvalue weighted by molar-refractivity contribution is 6.36. The van der Waals surface area contributed by atoms with Crippen LogP contribution in [0, 0.1) is 19.8 Å². The molecule has 1 aliphatic rings. The average molecular weight is 538 g/mol. The van der Waals surface area contributed by atoms with Crippen molar-refractivity contribution in [3.63, 3.8) is 0 Å². The molecule has 0 saturated carbocycles. The first-order chi connectivity index (χ1) is 18.0. The molecular weight excluding hydrogens is 508 g/mol. The zero-order valence-electron chi connectivity index (χ0n) is 21.8. The van der Waals surface area contributed by atoms with E-state index in [-0.39, 0.29) is 11.5 Å². The van der Waals surface area contributed by atoms with Crippen molar-refractivity contribution >= 4 is 22.5 Å². The molecule has 0 aliphatic carbocycles. The van der Waals surface area contributed by atoms with E-state index in [1.54, 1.807) is 12.1 Å². The van der Waals surface area contributed by atoms with E-state index in [1.807, 2.05) is 44.2 Å². The van der Waals surface area contributed by atoms with Gasteiger partial charge in [0.1, 0.15) is 5.60 Å². The van der Waals surface area contributed by atoms with Crippen LogP contribution in [-0.2, 0) is 17.9 Å². The van der Waals surface area contributed by atoms with Crippen LogP contribution >= 0.6 is 11.6 Å². The van der Waals surface area contributed by atoms with Gasteiger partial charge in [-0.15, -0.1) is 0 Å². The van der Waals surface area contributed by atoms with Crippen molar-refractivity contribution in [2.24, 2.45) is 5.92 Å². The van der Waals surface area contributed by atoms with Gasteiger partial charge in [-0.25, -0.2) is 13.8 Å². The van der Waals surface area contributed by atoms with Crippen LogP contribution in [0.15, 0.2) is 54.6 Å². The molecule has 198 valence electrons. The van der Waals surface area contributed by atoms with Crippen molar-refractivity contribution in [1.29, 1.82) is 0 Å². The molecule has 0 spiro atoms. The molecule has 5 rings (SSSR count). The maximum Gasteiger partial charge on any atom is 0.270 e. The van der Waals surface area contributed by atoms with E-state index in [9.17, 15) is 13.9 Å². The molecule has 1 fully saturated rings. The Balaban J connectivity index is 1.62. The minimum absolute atomic E-state index is 0.0391. The highest BCUT2D eigenvalue weighted by atomic mass is 35.5. The summed E-state index contributed by atoms with van der Waals surface area (Å²) in [6.07, 6.45) is 0.350. The quantitative estimate of drug-likeness (QED) is 0.300. The van der Waals surface area contributed by atoms with Crippen LogP contribution in [0.4, 0.5) is 8.78 Å². The fourth-order valence-corrected chi connectivity index (χ4v) is 5.50. The lowest BCUT2D eigenvalue weighted by Crippen LogP contribution is -2.55.